The molecule has 0 aliphatic rings. The number of rotatable bonds is 6. The normalized spacial score (nSPS) is 10.6. The first kappa shape index (κ1) is 17.2. The van der Waals surface area contributed by atoms with Gasteiger partial charge in [-0.25, -0.2) is 0 Å². The average molecular weight is 354 g/mol. The van der Waals surface area contributed by atoms with Crippen LogP contribution in [-0.4, -0.2) is 35.9 Å². The van der Waals surface area contributed by atoms with E-state index in [4.69, 9.17) is 11.6 Å². The lowest BCUT2D eigenvalue weighted by Crippen LogP contribution is -2.28. The summed E-state index contributed by atoms with van der Waals surface area (Å²) in [5.41, 5.74) is 2.61. The van der Waals surface area contributed by atoms with Crippen molar-refractivity contribution in [2.75, 3.05) is 25.5 Å². The summed E-state index contributed by atoms with van der Waals surface area (Å²) in [6.45, 7) is 1.46. The van der Waals surface area contributed by atoms with Gasteiger partial charge < -0.3 is 10.2 Å². The van der Waals surface area contributed by atoms with E-state index in [1.165, 1.54) is 0 Å². The quantitative estimate of drug-likeness (QED) is 0.665. The highest BCUT2D eigenvalue weighted by Crippen LogP contribution is 2.24. The van der Waals surface area contributed by atoms with Gasteiger partial charge in [0, 0.05) is 48.0 Å². The van der Waals surface area contributed by atoms with Gasteiger partial charge in [-0.05, 0) is 42.8 Å². The number of carbonyl (C=O) groups excluding carboxylic acids is 1. The van der Waals surface area contributed by atoms with Gasteiger partial charge in [-0.3, -0.25) is 9.78 Å². The van der Waals surface area contributed by atoms with E-state index in [0.717, 1.165) is 35.1 Å². The van der Waals surface area contributed by atoms with Gasteiger partial charge in [0.05, 0.1) is 5.52 Å². The molecule has 128 valence electrons. The smallest absolute Gasteiger partial charge is 0.253 e. The van der Waals surface area contributed by atoms with E-state index in [9.17, 15) is 4.79 Å². The standard InChI is InChI=1S/C20H20ClN3O/c1-24(20(25)15-6-3-2-4-7-15)13-5-11-22-18-10-12-23-19-14-16(21)8-9-17(18)19/h2-4,6-10,12,14H,5,11,13H2,1H3,(H,22,23). The van der Waals surface area contributed by atoms with Crippen molar-refractivity contribution in [2.24, 2.45) is 0 Å². The van der Waals surface area contributed by atoms with Gasteiger partial charge in [0.25, 0.3) is 5.91 Å². The molecule has 25 heavy (non-hydrogen) atoms. The minimum absolute atomic E-state index is 0.0459. The molecule has 0 spiro atoms. The fourth-order valence-electron chi connectivity index (χ4n) is 2.72. The first-order valence-electron chi connectivity index (χ1n) is 8.24. The summed E-state index contributed by atoms with van der Waals surface area (Å²) in [4.78, 5) is 18.4. The molecule has 3 rings (SSSR count). The van der Waals surface area contributed by atoms with Crippen molar-refractivity contribution in [3.8, 4) is 0 Å². The van der Waals surface area contributed by atoms with Crippen molar-refractivity contribution in [2.45, 2.75) is 6.42 Å². The van der Waals surface area contributed by atoms with Gasteiger partial charge in [-0.15, -0.1) is 0 Å². The van der Waals surface area contributed by atoms with Crippen LogP contribution in [0.15, 0.2) is 60.8 Å². The van der Waals surface area contributed by atoms with Crippen LogP contribution in [0.1, 0.15) is 16.8 Å². The first-order valence-corrected chi connectivity index (χ1v) is 8.61. The third kappa shape index (κ3) is 4.28. The summed E-state index contributed by atoms with van der Waals surface area (Å²) in [6, 6.07) is 17.0. The molecule has 0 radical (unpaired) electrons. The number of fused-ring (bicyclic) bond motifs is 1. The number of nitrogens with zero attached hydrogens (tertiary/aromatic N) is 2. The van der Waals surface area contributed by atoms with E-state index in [2.05, 4.69) is 10.3 Å². The maximum absolute atomic E-state index is 12.3. The Labute approximate surface area is 152 Å². The van der Waals surface area contributed by atoms with Gasteiger partial charge in [0.15, 0.2) is 0 Å². The van der Waals surface area contributed by atoms with Gasteiger partial charge >= 0.3 is 0 Å². The Morgan fingerprint density at radius 2 is 1.96 bits per heavy atom. The average Bonchev–Trinajstić information content (AvgIpc) is 2.64. The summed E-state index contributed by atoms with van der Waals surface area (Å²) in [5.74, 6) is 0.0459. The number of hydrogen-bond donors (Lipinski definition) is 1. The topological polar surface area (TPSA) is 45.2 Å². The Kier molecular flexibility index (Phi) is 5.51. The van der Waals surface area contributed by atoms with E-state index in [-0.39, 0.29) is 5.91 Å². The van der Waals surface area contributed by atoms with Crippen LogP contribution in [0, 0.1) is 0 Å². The van der Waals surface area contributed by atoms with Gasteiger partial charge in [-0.2, -0.15) is 0 Å². The molecule has 0 fully saturated rings. The van der Waals surface area contributed by atoms with Crippen molar-refractivity contribution in [3.05, 3.63) is 71.4 Å². The number of carbonyl (C=O) groups is 1. The molecule has 1 N–H and O–H groups in total. The Bertz CT molecular complexity index is 867. The summed E-state index contributed by atoms with van der Waals surface area (Å²) >= 11 is 6.01. The summed E-state index contributed by atoms with van der Waals surface area (Å²) in [6.07, 6.45) is 2.62. The van der Waals surface area contributed by atoms with Gasteiger partial charge in [-0.1, -0.05) is 29.8 Å². The molecule has 4 nitrogen and oxygen atoms in total. The number of anilines is 1. The molecule has 0 aliphatic carbocycles. The van der Waals surface area contributed by atoms with Crippen molar-refractivity contribution < 1.29 is 4.79 Å². The lowest BCUT2D eigenvalue weighted by atomic mass is 10.2. The molecule has 0 bridgehead atoms. The molecule has 0 atom stereocenters. The van der Waals surface area contributed by atoms with E-state index in [1.54, 1.807) is 11.1 Å². The monoisotopic (exact) mass is 353 g/mol. The van der Waals surface area contributed by atoms with Crippen LogP contribution < -0.4 is 5.32 Å². The summed E-state index contributed by atoms with van der Waals surface area (Å²) in [7, 11) is 1.83. The van der Waals surface area contributed by atoms with E-state index >= 15 is 0 Å². The van der Waals surface area contributed by atoms with E-state index in [1.807, 2.05) is 61.6 Å². The predicted octanol–water partition coefficient (Wildman–Crippen LogP) is 4.46. The van der Waals surface area contributed by atoms with Crippen LogP contribution in [0.2, 0.25) is 5.02 Å². The van der Waals surface area contributed by atoms with Crippen LogP contribution >= 0.6 is 11.6 Å². The second-order valence-corrected chi connectivity index (χ2v) is 6.33. The van der Waals surface area contributed by atoms with Crippen LogP contribution in [0.4, 0.5) is 5.69 Å². The number of hydrogen-bond acceptors (Lipinski definition) is 3. The predicted molar refractivity (Wildman–Crippen MR) is 103 cm³/mol. The summed E-state index contributed by atoms with van der Waals surface area (Å²) in [5, 5.41) is 5.14. The molecule has 1 heterocycles. The van der Waals surface area contributed by atoms with E-state index in [0.29, 0.717) is 11.6 Å². The van der Waals surface area contributed by atoms with Crippen molar-refractivity contribution in [1.82, 2.24) is 9.88 Å². The molecular weight excluding hydrogens is 334 g/mol. The maximum Gasteiger partial charge on any atom is 0.253 e. The minimum Gasteiger partial charge on any atom is -0.384 e. The molecule has 0 saturated carbocycles. The zero-order valence-electron chi connectivity index (χ0n) is 14.1. The zero-order valence-corrected chi connectivity index (χ0v) is 14.8. The van der Waals surface area contributed by atoms with Crippen molar-refractivity contribution in [1.29, 1.82) is 0 Å². The lowest BCUT2D eigenvalue weighted by molar-refractivity contribution is 0.0794. The number of halogens is 1. The molecule has 0 aliphatic heterocycles. The number of benzene rings is 2. The zero-order chi connectivity index (χ0) is 17.6. The highest BCUT2D eigenvalue weighted by molar-refractivity contribution is 6.31. The summed E-state index contributed by atoms with van der Waals surface area (Å²) < 4.78 is 0. The highest BCUT2D eigenvalue weighted by Gasteiger charge is 2.10. The minimum atomic E-state index is 0.0459. The van der Waals surface area contributed by atoms with Gasteiger partial charge in [0.1, 0.15) is 0 Å². The molecule has 1 amide bonds. The SMILES string of the molecule is CN(CCCNc1ccnc2cc(Cl)ccc12)C(=O)c1ccccc1. The Balaban J connectivity index is 1.54. The highest BCUT2D eigenvalue weighted by atomic mass is 35.5. The van der Waals surface area contributed by atoms with Crippen LogP contribution in [0.5, 0.6) is 0 Å². The van der Waals surface area contributed by atoms with Crippen LogP contribution in [0.25, 0.3) is 10.9 Å². The first-order chi connectivity index (χ1) is 12.1. The molecule has 0 unspecified atom stereocenters. The molecule has 2 aromatic carbocycles. The second kappa shape index (κ2) is 7.99. The molecule has 3 aromatic rings. The third-order valence-corrected chi connectivity index (χ3v) is 4.29. The number of aromatic nitrogens is 1. The number of amides is 1. The molecular formula is C20H20ClN3O. The Morgan fingerprint density at radius 3 is 2.76 bits per heavy atom. The van der Waals surface area contributed by atoms with Crippen molar-refractivity contribution >= 4 is 34.1 Å². The molecule has 0 saturated heterocycles. The van der Waals surface area contributed by atoms with Crippen LogP contribution in [0.3, 0.4) is 0 Å². The van der Waals surface area contributed by atoms with Gasteiger partial charge in [0.2, 0.25) is 0 Å². The molecule has 5 heteroatoms. The Morgan fingerprint density at radius 1 is 1.16 bits per heavy atom. The molecule has 1 aromatic heterocycles. The fourth-order valence-corrected chi connectivity index (χ4v) is 2.88. The van der Waals surface area contributed by atoms with Crippen LogP contribution in [-0.2, 0) is 0 Å². The number of nitrogens with one attached hydrogen (secondary N) is 1. The number of pyridine rings is 1. The van der Waals surface area contributed by atoms with Crippen molar-refractivity contribution in [3.63, 3.8) is 0 Å². The second-order valence-electron chi connectivity index (χ2n) is 5.89. The largest absolute Gasteiger partial charge is 0.384 e. The lowest BCUT2D eigenvalue weighted by Gasteiger charge is -2.17. The third-order valence-electron chi connectivity index (χ3n) is 4.06. The Hall–Kier alpha value is -2.59. The fraction of sp³-hybridized carbons (Fsp3) is 0.200. The van der Waals surface area contributed by atoms with E-state index < -0.39 is 0 Å². The maximum atomic E-state index is 12.3.